The molecule has 2 amide bonds. The van der Waals surface area contributed by atoms with E-state index in [4.69, 9.17) is 10.5 Å². The Morgan fingerprint density at radius 1 is 1.00 bits per heavy atom. The third kappa shape index (κ3) is 3.74. The highest BCUT2D eigenvalue weighted by molar-refractivity contribution is 6.03. The van der Waals surface area contributed by atoms with Gasteiger partial charge in [-0.25, -0.2) is 19.7 Å². The number of nitrogens with one attached hydrogen (secondary N) is 2. The van der Waals surface area contributed by atoms with E-state index >= 15 is 0 Å². The second kappa shape index (κ2) is 7.77. The van der Waals surface area contributed by atoms with Gasteiger partial charge in [-0.05, 0) is 24.3 Å². The van der Waals surface area contributed by atoms with Crippen molar-refractivity contribution >= 4 is 28.4 Å². The first-order chi connectivity index (χ1) is 14.2. The smallest absolute Gasteiger partial charge is 0.316 e. The Morgan fingerprint density at radius 3 is 2.62 bits per heavy atom. The maximum Gasteiger partial charge on any atom is 0.316 e. The van der Waals surface area contributed by atoms with Crippen LogP contribution in [0.5, 0.6) is 11.6 Å². The third-order valence-corrected chi connectivity index (χ3v) is 4.16. The van der Waals surface area contributed by atoms with E-state index in [1.807, 2.05) is 30.3 Å². The molecule has 4 aromatic rings. The standard InChI is InChI=1S/C20H17N7O2/c1-22-20-25-11-24-17(27-20)14-7-4-10-23-18(14)29-16-9-8-15(26-19(21)28)12-5-2-3-6-13(12)16/h2-11H,1H3,(H3,21,26,28)(H,22,24,25,27). The number of carbonyl (C=O) groups excluding carboxylic acids is 1. The molecule has 0 saturated carbocycles. The molecule has 0 aliphatic rings. The molecule has 4 rings (SSSR count). The van der Waals surface area contributed by atoms with Crippen LogP contribution in [-0.4, -0.2) is 33.0 Å². The zero-order chi connectivity index (χ0) is 20.2. The molecular formula is C20H17N7O2. The molecule has 2 heterocycles. The van der Waals surface area contributed by atoms with Crippen molar-refractivity contribution in [3.63, 3.8) is 0 Å². The van der Waals surface area contributed by atoms with Gasteiger partial charge in [-0.1, -0.05) is 24.3 Å². The Morgan fingerprint density at radius 2 is 1.83 bits per heavy atom. The van der Waals surface area contributed by atoms with Crippen molar-refractivity contribution in [1.82, 2.24) is 19.9 Å². The summed E-state index contributed by atoms with van der Waals surface area (Å²) < 4.78 is 6.13. The predicted molar refractivity (Wildman–Crippen MR) is 110 cm³/mol. The van der Waals surface area contributed by atoms with Crippen molar-refractivity contribution in [2.75, 3.05) is 17.7 Å². The first-order valence-electron chi connectivity index (χ1n) is 8.74. The van der Waals surface area contributed by atoms with Gasteiger partial charge in [0.25, 0.3) is 0 Å². The highest BCUT2D eigenvalue weighted by Crippen LogP contribution is 2.36. The number of hydrogen-bond acceptors (Lipinski definition) is 7. The number of ether oxygens (including phenoxy) is 1. The number of primary amides is 1. The number of hydrogen-bond donors (Lipinski definition) is 3. The lowest BCUT2D eigenvalue weighted by Gasteiger charge is -2.13. The number of carbonyl (C=O) groups is 1. The fourth-order valence-electron chi connectivity index (χ4n) is 2.90. The van der Waals surface area contributed by atoms with Crippen LogP contribution in [0.15, 0.2) is 61.1 Å². The van der Waals surface area contributed by atoms with Crippen molar-refractivity contribution in [3.05, 3.63) is 61.1 Å². The molecule has 0 radical (unpaired) electrons. The van der Waals surface area contributed by atoms with E-state index in [1.165, 1.54) is 6.33 Å². The second-order valence-electron chi connectivity index (χ2n) is 5.99. The van der Waals surface area contributed by atoms with Gasteiger partial charge in [0.15, 0.2) is 5.82 Å². The summed E-state index contributed by atoms with van der Waals surface area (Å²) in [5.41, 5.74) is 6.49. The van der Waals surface area contributed by atoms with Gasteiger partial charge in [0.05, 0.1) is 11.3 Å². The van der Waals surface area contributed by atoms with E-state index in [0.29, 0.717) is 34.7 Å². The number of pyridine rings is 1. The summed E-state index contributed by atoms with van der Waals surface area (Å²) in [4.78, 5) is 28.3. The molecule has 9 nitrogen and oxygen atoms in total. The van der Waals surface area contributed by atoms with Crippen LogP contribution in [-0.2, 0) is 0 Å². The van der Waals surface area contributed by atoms with Gasteiger partial charge in [0, 0.05) is 24.0 Å². The zero-order valence-corrected chi connectivity index (χ0v) is 15.5. The maximum atomic E-state index is 11.3. The number of benzene rings is 2. The van der Waals surface area contributed by atoms with E-state index in [0.717, 1.165) is 10.8 Å². The zero-order valence-electron chi connectivity index (χ0n) is 15.5. The van der Waals surface area contributed by atoms with Crippen molar-refractivity contribution in [3.8, 4) is 23.0 Å². The largest absolute Gasteiger partial charge is 0.438 e. The minimum atomic E-state index is -0.633. The highest BCUT2D eigenvalue weighted by Gasteiger charge is 2.15. The van der Waals surface area contributed by atoms with Crippen LogP contribution in [0.2, 0.25) is 0 Å². The lowest BCUT2D eigenvalue weighted by atomic mass is 10.1. The Bertz CT molecular complexity index is 1200. The summed E-state index contributed by atoms with van der Waals surface area (Å²) in [5, 5.41) is 7.09. The van der Waals surface area contributed by atoms with Crippen LogP contribution in [0.4, 0.5) is 16.4 Å². The summed E-state index contributed by atoms with van der Waals surface area (Å²) in [6.45, 7) is 0. The molecule has 0 atom stereocenters. The fraction of sp³-hybridized carbons (Fsp3) is 0.0500. The molecule has 2 aromatic carbocycles. The molecule has 0 bridgehead atoms. The lowest BCUT2D eigenvalue weighted by molar-refractivity contribution is 0.259. The van der Waals surface area contributed by atoms with E-state index in [2.05, 4.69) is 30.6 Å². The van der Waals surface area contributed by atoms with Crippen LogP contribution < -0.4 is 21.1 Å². The third-order valence-electron chi connectivity index (χ3n) is 4.16. The van der Waals surface area contributed by atoms with E-state index in [9.17, 15) is 4.79 Å². The number of aromatic nitrogens is 4. The topological polar surface area (TPSA) is 128 Å². The van der Waals surface area contributed by atoms with E-state index in [-0.39, 0.29) is 0 Å². The van der Waals surface area contributed by atoms with Crippen LogP contribution in [0.25, 0.3) is 22.2 Å². The lowest BCUT2D eigenvalue weighted by Crippen LogP contribution is -2.19. The van der Waals surface area contributed by atoms with Crippen molar-refractivity contribution in [2.45, 2.75) is 0 Å². The fourth-order valence-corrected chi connectivity index (χ4v) is 2.90. The molecule has 0 aliphatic carbocycles. The summed E-state index contributed by atoms with van der Waals surface area (Å²) in [6.07, 6.45) is 3.05. The molecule has 0 saturated heterocycles. The molecule has 4 N–H and O–H groups in total. The van der Waals surface area contributed by atoms with Gasteiger partial charge in [0.2, 0.25) is 11.8 Å². The second-order valence-corrected chi connectivity index (χ2v) is 5.99. The summed E-state index contributed by atoms with van der Waals surface area (Å²) >= 11 is 0. The molecule has 0 aliphatic heterocycles. The average molecular weight is 387 g/mol. The van der Waals surface area contributed by atoms with E-state index < -0.39 is 6.03 Å². The average Bonchev–Trinajstić information content (AvgIpc) is 2.75. The van der Waals surface area contributed by atoms with Gasteiger partial charge in [-0.3, -0.25) is 0 Å². The van der Waals surface area contributed by atoms with Gasteiger partial charge in [-0.2, -0.15) is 4.98 Å². The van der Waals surface area contributed by atoms with Crippen LogP contribution >= 0.6 is 0 Å². The molecule has 0 spiro atoms. The van der Waals surface area contributed by atoms with Gasteiger partial charge < -0.3 is 21.1 Å². The SMILES string of the molecule is CNc1ncnc(-c2cccnc2Oc2ccc(NC(N)=O)c3ccccc23)n1. The Labute approximate surface area is 166 Å². The normalized spacial score (nSPS) is 10.5. The first-order valence-corrected chi connectivity index (χ1v) is 8.74. The summed E-state index contributed by atoms with van der Waals surface area (Å²) in [7, 11) is 1.73. The van der Waals surface area contributed by atoms with Crippen molar-refractivity contribution in [2.24, 2.45) is 5.73 Å². The number of fused-ring (bicyclic) bond motifs is 1. The molecule has 144 valence electrons. The monoisotopic (exact) mass is 387 g/mol. The molecule has 9 heteroatoms. The van der Waals surface area contributed by atoms with Crippen LogP contribution in [0.1, 0.15) is 0 Å². The number of amides is 2. The van der Waals surface area contributed by atoms with Gasteiger partial charge in [-0.15, -0.1) is 0 Å². The maximum absolute atomic E-state index is 11.3. The molecular weight excluding hydrogens is 370 g/mol. The van der Waals surface area contributed by atoms with Crippen molar-refractivity contribution < 1.29 is 9.53 Å². The van der Waals surface area contributed by atoms with Gasteiger partial charge >= 0.3 is 6.03 Å². The molecule has 29 heavy (non-hydrogen) atoms. The van der Waals surface area contributed by atoms with Crippen LogP contribution in [0.3, 0.4) is 0 Å². The molecule has 0 unspecified atom stereocenters. The number of nitrogens with two attached hydrogens (primary N) is 1. The van der Waals surface area contributed by atoms with Crippen LogP contribution in [0, 0.1) is 0 Å². The Balaban J connectivity index is 1.78. The number of rotatable bonds is 5. The highest BCUT2D eigenvalue weighted by atomic mass is 16.5. The Hall–Kier alpha value is -4.27. The summed E-state index contributed by atoms with van der Waals surface area (Å²) in [5.74, 6) is 1.79. The molecule has 2 aromatic heterocycles. The summed E-state index contributed by atoms with van der Waals surface area (Å²) in [6, 6.07) is 14.0. The number of urea groups is 1. The van der Waals surface area contributed by atoms with E-state index in [1.54, 1.807) is 31.4 Å². The minimum Gasteiger partial charge on any atom is -0.438 e. The number of nitrogens with zero attached hydrogens (tertiary/aromatic N) is 4. The number of anilines is 2. The minimum absolute atomic E-state index is 0.349. The molecule has 0 fully saturated rings. The Kier molecular flexibility index (Phi) is 4.85. The quantitative estimate of drug-likeness (QED) is 0.479. The van der Waals surface area contributed by atoms with Crippen molar-refractivity contribution in [1.29, 1.82) is 0 Å². The first kappa shape index (κ1) is 18.1. The predicted octanol–water partition coefficient (Wildman–Crippen LogP) is 3.41. The van der Waals surface area contributed by atoms with Gasteiger partial charge in [0.1, 0.15) is 12.1 Å².